The monoisotopic (exact) mass is 1080 g/mol. The van der Waals surface area contributed by atoms with Crippen molar-refractivity contribution in [3.63, 3.8) is 0 Å². The van der Waals surface area contributed by atoms with E-state index in [1.54, 1.807) is 107 Å². The summed E-state index contributed by atoms with van der Waals surface area (Å²) >= 11 is 0. The van der Waals surface area contributed by atoms with Gasteiger partial charge in [0.1, 0.15) is 69.5 Å². The quantitative estimate of drug-likeness (QED) is 0.0808. The van der Waals surface area contributed by atoms with Gasteiger partial charge in [-0.2, -0.15) is 0 Å². The molecular formula is C50H56N12O12S2. The molecule has 400 valence electrons. The van der Waals surface area contributed by atoms with Crippen LogP contribution in [-0.2, 0) is 40.7 Å². The van der Waals surface area contributed by atoms with E-state index >= 15 is 0 Å². The Hall–Kier alpha value is -8.20. The van der Waals surface area contributed by atoms with Crippen LogP contribution in [0.5, 0.6) is 34.8 Å². The highest BCUT2D eigenvalue weighted by molar-refractivity contribution is 7.90. The van der Waals surface area contributed by atoms with Crippen molar-refractivity contribution in [2.24, 2.45) is 0 Å². The molecule has 8 aromatic rings. The van der Waals surface area contributed by atoms with Gasteiger partial charge in [-0.05, 0) is 61.4 Å². The van der Waals surface area contributed by atoms with E-state index < -0.39 is 43.4 Å². The van der Waals surface area contributed by atoms with Crippen LogP contribution in [-0.4, -0.2) is 145 Å². The van der Waals surface area contributed by atoms with Gasteiger partial charge < -0.3 is 37.9 Å². The van der Waals surface area contributed by atoms with Crippen LogP contribution < -0.4 is 28.4 Å². The second-order valence-electron chi connectivity index (χ2n) is 16.5. The van der Waals surface area contributed by atoms with Crippen LogP contribution in [0.25, 0.3) is 34.4 Å². The smallest absolute Gasteiger partial charge is 0.213 e. The molecule has 2 atom stereocenters. The normalized spacial score (nSPS) is 12.2. The molecule has 0 aliphatic carbocycles. The van der Waals surface area contributed by atoms with Crippen molar-refractivity contribution < 1.29 is 54.7 Å². The first-order valence-corrected chi connectivity index (χ1v) is 26.6. The first kappa shape index (κ1) is 55.5. The number of aryl methyl sites for hydroxylation is 2. The summed E-state index contributed by atoms with van der Waals surface area (Å²) in [5, 5.41) is 17.1. The zero-order valence-corrected chi connectivity index (χ0v) is 44.9. The zero-order valence-electron chi connectivity index (χ0n) is 43.3. The molecule has 26 heteroatoms. The maximum Gasteiger partial charge on any atom is 0.213 e. The molecule has 6 aromatic heterocycles. The number of pyridine rings is 2. The molecule has 0 spiro atoms. The molecule has 0 N–H and O–H groups in total. The van der Waals surface area contributed by atoms with Gasteiger partial charge >= 0.3 is 0 Å². The molecule has 24 nitrogen and oxygen atoms in total. The fourth-order valence-electron chi connectivity index (χ4n) is 7.64. The van der Waals surface area contributed by atoms with E-state index in [2.05, 4.69) is 50.3 Å². The van der Waals surface area contributed by atoms with Crippen molar-refractivity contribution in [3.8, 4) is 69.2 Å². The summed E-state index contributed by atoms with van der Waals surface area (Å²) in [5.74, 6) is 2.14. The lowest BCUT2D eigenvalue weighted by Gasteiger charge is -2.18. The summed E-state index contributed by atoms with van der Waals surface area (Å²) < 4.78 is 101. The number of ether oxygens (including phenoxy) is 8. The topological polar surface area (TPSA) is 281 Å². The van der Waals surface area contributed by atoms with Gasteiger partial charge in [-0.3, -0.25) is 9.13 Å². The Labute approximate surface area is 439 Å². The molecule has 8 rings (SSSR count). The van der Waals surface area contributed by atoms with E-state index in [4.69, 9.17) is 37.9 Å². The summed E-state index contributed by atoms with van der Waals surface area (Å²) in [4.78, 5) is 25.8. The van der Waals surface area contributed by atoms with Crippen molar-refractivity contribution >= 4 is 19.7 Å². The first-order chi connectivity index (χ1) is 36.6. The van der Waals surface area contributed by atoms with Crippen LogP contribution in [0.4, 0.5) is 0 Å². The summed E-state index contributed by atoms with van der Waals surface area (Å²) in [7, 11) is 4.24. The summed E-state index contributed by atoms with van der Waals surface area (Å²) in [6.07, 6.45) is 4.71. The molecule has 0 aliphatic rings. The van der Waals surface area contributed by atoms with Crippen molar-refractivity contribution in [1.82, 2.24) is 59.4 Å². The Morgan fingerprint density at radius 2 is 0.776 bits per heavy atom. The minimum Gasteiger partial charge on any atom is -0.494 e. The van der Waals surface area contributed by atoms with Gasteiger partial charge in [0.15, 0.2) is 54.6 Å². The number of hydrogen-bond donors (Lipinski definition) is 0. The van der Waals surface area contributed by atoms with E-state index in [9.17, 15) is 16.8 Å². The molecule has 0 aliphatic heterocycles. The Bertz CT molecular complexity index is 3200. The van der Waals surface area contributed by atoms with Gasteiger partial charge in [0.05, 0.1) is 54.2 Å². The first-order valence-electron chi connectivity index (χ1n) is 23.0. The molecule has 2 aromatic carbocycles. The Kier molecular flexibility index (Phi) is 18.2. The molecule has 6 heterocycles. The van der Waals surface area contributed by atoms with Crippen molar-refractivity contribution in [3.05, 3.63) is 132 Å². The predicted molar refractivity (Wildman–Crippen MR) is 277 cm³/mol. The standard InChI is InChI=1S/2C25H28N6O6S/c2*1-16-12-26-24(27-13-16)20(36-4)14-38(32,33)15-21-29-30-25(17-8-6-11-22(28-17)37-5)31(21)23-18(34-2)9-7-10-19(23)35-3/h2*6-13,20H,14-15H2,1-5H3/t2*20-/m10/s1. The van der Waals surface area contributed by atoms with E-state index in [1.807, 2.05) is 13.8 Å². The SMILES string of the molecule is COc1cccc(-c2nnc(CS(=O)(=O)C[C@@H](OC)c3ncc(C)cn3)n2-c2c(OC)cccc2OC)n1.COc1cccc(-c2nnc(CS(=O)(=O)C[C@H](OC)c3ncc(C)cn3)n2-c2c(OC)cccc2OC)n1. The molecule has 0 unspecified atom stereocenters. The Balaban J connectivity index is 0.000000221. The number of para-hydroxylation sites is 2. The van der Waals surface area contributed by atoms with Gasteiger partial charge in [-0.25, -0.2) is 46.7 Å². The third-order valence-corrected chi connectivity index (χ3v) is 14.3. The van der Waals surface area contributed by atoms with Crippen molar-refractivity contribution in [2.75, 3.05) is 68.4 Å². The number of hydrogen-bond acceptors (Lipinski definition) is 22. The lowest BCUT2D eigenvalue weighted by Crippen LogP contribution is -2.21. The highest BCUT2D eigenvalue weighted by atomic mass is 32.2. The average Bonchev–Trinajstić information content (AvgIpc) is 4.05. The predicted octanol–water partition coefficient (Wildman–Crippen LogP) is 5.51. The third kappa shape index (κ3) is 13.0. The van der Waals surface area contributed by atoms with Crippen LogP contribution in [0.2, 0.25) is 0 Å². The van der Waals surface area contributed by atoms with Crippen LogP contribution in [0, 0.1) is 13.8 Å². The molecule has 76 heavy (non-hydrogen) atoms. The number of nitrogens with zero attached hydrogens (tertiary/aromatic N) is 12. The minimum atomic E-state index is -3.81. The second-order valence-corrected chi connectivity index (χ2v) is 20.7. The molecule has 0 bridgehead atoms. The van der Waals surface area contributed by atoms with Gasteiger partial charge in [0, 0.05) is 51.1 Å². The summed E-state index contributed by atoms with van der Waals surface area (Å²) in [6.45, 7) is 3.69. The lowest BCUT2D eigenvalue weighted by atomic mass is 10.2. The highest BCUT2D eigenvalue weighted by Crippen LogP contribution is 2.38. The average molecular weight is 1080 g/mol. The van der Waals surface area contributed by atoms with Gasteiger partial charge in [0.25, 0.3) is 0 Å². The van der Waals surface area contributed by atoms with E-state index in [0.29, 0.717) is 57.5 Å². The Morgan fingerprint density at radius 1 is 0.447 bits per heavy atom. The summed E-state index contributed by atoms with van der Waals surface area (Å²) in [5.41, 5.74) is 3.38. The van der Waals surface area contributed by atoms with Crippen molar-refractivity contribution in [2.45, 2.75) is 37.6 Å². The second kappa shape index (κ2) is 24.9. The minimum absolute atomic E-state index is 0.132. The fraction of sp³-hybridized carbons (Fsp3) is 0.320. The van der Waals surface area contributed by atoms with E-state index in [1.165, 1.54) is 56.9 Å². The van der Waals surface area contributed by atoms with Gasteiger partial charge in [-0.15, -0.1) is 20.4 Å². The highest BCUT2D eigenvalue weighted by Gasteiger charge is 2.31. The number of aromatic nitrogens is 12. The molecule has 0 fully saturated rings. The largest absolute Gasteiger partial charge is 0.494 e. The van der Waals surface area contributed by atoms with E-state index in [-0.39, 0.29) is 46.5 Å². The number of methoxy groups -OCH3 is 8. The van der Waals surface area contributed by atoms with Crippen molar-refractivity contribution in [1.29, 1.82) is 0 Å². The number of benzene rings is 2. The van der Waals surface area contributed by atoms with Gasteiger partial charge in [-0.1, -0.05) is 24.3 Å². The van der Waals surface area contributed by atoms with Crippen LogP contribution in [0.3, 0.4) is 0 Å². The van der Waals surface area contributed by atoms with Crippen LogP contribution in [0.1, 0.15) is 46.6 Å². The Morgan fingerprint density at radius 3 is 1.08 bits per heavy atom. The number of sulfone groups is 2. The van der Waals surface area contributed by atoms with Crippen LogP contribution in [0.15, 0.2) is 97.6 Å². The maximum atomic E-state index is 13.4. The number of rotatable bonds is 22. The van der Waals surface area contributed by atoms with Gasteiger partial charge in [0.2, 0.25) is 11.8 Å². The molecule has 0 saturated carbocycles. The lowest BCUT2D eigenvalue weighted by molar-refractivity contribution is 0.114. The molecule has 0 amide bonds. The van der Waals surface area contributed by atoms with E-state index in [0.717, 1.165) is 11.1 Å². The molecular weight excluding hydrogens is 1020 g/mol. The van der Waals surface area contributed by atoms with Crippen LogP contribution >= 0.6 is 0 Å². The zero-order chi connectivity index (χ0) is 54.6. The summed E-state index contributed by atoms with van der Waals surface area (Å²) in [6, 6.07) is 20.8. The maximum absolute atomic E-state index is 13.4. The third-order valence-electron chi connectivity index (χ3n) is 11.3. The fourth-order valence-corrected chi connectivity index (χ4v) is 10.5. The molecule has 0 radical (unpaired) electrons. The molecule has 0 saturated heterocycles.